The van der Waals surface area contributed by atoms with Gasteiger partial charge in [-0.2, -0.15) is 13.2 Å². The second-order valence-corrected chi connectivity index (χ2v) is 3.74. The Kier molecular flexibility index (Phi) is 2.46. The summed E-state index contributed by atoms with van der Waals surface area (Å²) in [4.78, 5) is 3.82. The molecule has 0 aliphatic carbocycles. The standard InChI is InChI=1S/C9H7ClF3N3/c10-5-1-2-6-7(3-5)16(8(14)15-6)4-9(11,12)13/h1-3H,4H2,(H2,14,15). The first-order chi connectivity index (χ1) is 7.37. The van der Waals surface area contributed by atoms with Crippen LogP contribution in [0.25, 0.3) is 11.0 Å². The van der Waals surface area contributed by atoms with Crippen LogP contribution >= 0.6 is 11.6 Å². The number of fused-ring (bicyclic) bond motifs is 1. The van der Waals surface area contributed by atoms with E-state index in [-0.39, 0.29) is 11.5 Å². The molecule has 0 fully saturated rings. The van der Waals surface area contributed by atoms with E-state index in [1.165, 1.54) is 12.1 Å². The van der Waals surface area contributed by atoms with Crippen molar-refractivity contribution >= 4 is 28.6 Å². The molecular formula is C9H7ClF3N3. The summed E-state index contributed by atoms with van der Waals surface area (Å²) in [5.74, 6) is -0.172. The van der Waals surface area contributed by atoms with Gasteiger partial charge in [0.25, 0.3) is 0 Å². The van der Waals surface area contributed by atoms with Crippen LogP contribution in [-0.2, 0) is 6.54 Å². The lowest BCUT2D eigenvalue weighted by molar-refractivity contribution is -0.139. The van der Waals surface area contributed by atoms with Crippen LogP contribution in [0.1, 0.15) is 0 Å². The van der Waals surface area contributed by atoms with Gasteiger partial charge < -0.3 is 10.3 Å². The number of hydrogen-bond acceptors (Lipinski definition) is 2. The maximum absolute atomic E-state index is 12.3. The van der Waals surface area contributed by atoms with Gasteiger partial charge in [0.05, 0.1) is 11.0 Å². The number of rotatable bonds is 1. The van der Waals surface area contributed by atoms with Gasteiger partial charge in [-0.05, 0) is 18.2 Å². The summed E-state index contributed by atoms with van der Waals surface area (Å²) < 4.78 is 37.8. The molecule has 0 saturated carbocycles. The molecule has 0 spiro atoms. The van der Waals surface area contributed by atoms with Gasteiger partial charge in [0.1, 0.15) is 6.54 Å². The van der Waals surface area contributed by atoms with E-state index in [2.05, 4.69) is 4.98 Å². The van der Waals surface area contributed by atoms with E-state index in [4.69, 9.17) is 17.3 Å². The molecule has 1 aromatic heterocycles. The largest absolute Gasteiger partial charge is 0.406 e. The van der Waals surface area contributed by atoms with Gasteiger partial charge in [0.2, 0.25) is 5.95 Å². The fourth-order valence-electron chi connectivity index (χ4n) is 1.46. The zero-order valence-corrected chi connectivity index (χ0v) is 8.68. The minimum Gasteiger partial charge on any atom is -0.369 e. The van der Waals surface area contributed by atoms with E-state index < -0.39 is 12.7 Å². The molecule has 7 heteroatoms. The van der Waals surface area contributed by atoms with Crippen molar-refractivity contribution in [2.75, 3.05) is 5.73 Å². The number of imidazole rings is 1. The summed E-state index contributed by atoms with van der Waals surface area (Å²) in [5, 5.41) is 0.343. The van der Waals surface area contributed by atoms with Crippen LogP contribution in [0.15, 0.2) is 18.2 Å². The summed E-state index contributed by atoms with van der Waals surface area (Å²) >= 11 is 5.71. The number of nitrogen functional groups attached to an aromatic ring is 1. The Hall–Kier alpha value is -1.43. The minimum absolute atomic E-state index is 0.172. The molecule has 1 aromatic carbocycles. The molecule has 0 amide bonds. The predicted octanol–water partition coefficient (Wildman–Crippen LogP) is 2.83. The number of hydrogen-bond donors (Lipinski definition) is 1. The second-order valence-electron chi connectivity index (χ2n) is 3.30. The van der Waals surface area contributed by atoms with Crippen molar-refractivity contribution in [3.8, 4) is 0 Å². The van der Waals surface area contributed by atoms with Crippen molar-refractivity contribution < 1.29 is 13.2 Å². The normalized spacial score (nSPS) is 12.2. The molecule has 2 rings (SSSR count). The van der Waals surface area contributed by atoms with Gasteiger partial charge in [-0.1, -0.05) is 11.6 Å². The molecule has 0 radical (unpaired) electrons. The van der Waals surface area contributed by atoms with Gasteiger partial charge in [-0.25, -0.2) is 4.98 Å². The quantitative estimate of drug-likeness (QED) is 0.845. The topological polar surface area (TPSA) is 43.8 Å². The number of benzene rings is 1. The summed E-state index contributed by atoms with van der Waals surface area (Å²) in [5.41, 5.74) is 6.09. The molecule has 3 nitrogen and oxygen atoms in total. The first kappa shape index (κ1) is 11.1. The van der Waals surface area contributed by atoms with Crippen molar-refractivity contribution in [3.05, 3.63) is 23.2 Å². The number of nitrogens with two attached hydrogens (primary N) is 1. The molecule has 0 unspecified atom stereocenters. The Morgan fingerprint density at radius 1 is 1.38 bits per heavy atom. The third-order valence-corrected chi connectivity index (χ3v) is 2.31. The van der Waals surface area contributed by atoms with E-state index in [0.717, 1.165) is 4.57 Å². The Balaban J connectivity index is 2.58. The third-order valence-electron chi connectivity index (χ3n) is 2.08. The summed E-state index contributed by atoms with van der Waals surface area (Å²) in [6, 6.07) is 4.49. The van der Waals surface area contributed by atoms with Gasteiger partial charge in [0, 0.05) is 5.02 Å². The number of aromatic nitrogens is 2. The lowest BCUT2D eigenvalue weighted by atomic mass is 10.3. The van der Waals surface area contributed by atoms with Crippen molar-refractivity contribution in [1.82, 2.24) is 9.55 Å². The van der Waals surface area contributed by atoms with E-state index >= 15 is 0 Å². The average molecular weight is 250 g/mol. The Labute approximate surface area is 93.6 Å². The Morgan fingerprint density at radius 3 is 2.69 bits per heavy atom. The van der Waals surface area contributed by atoms with Crippen LogP contribution in [0.4, 0.5) is 19.1 Å². The fourth-order valence-corrected chi connectivity index (χ4v) is 1.63. The maximum Gasteiger partial charge on any atom is 0.406 e. The molecule has 86 valence electrons. The first-order valence-corrected chi connectivity index (χ1v) is 4.72. The van der Waals surface area contributed by atoms with E-state index in [1.807, 2.05) is 0 Å². The average Bonchev–Trinajstić information content (AvgIpc) is 2.42. The molecule has 1 heterocycles. The SMILES string of the molecule is Nc1nc2ccc(Cl)cc2n1CC(F)(F)F. The number of anilines is 1. The molecule has 2 aromatic rings. The van der Waals surface area contributed by atoms with Gasteiger partial charge >= 0.3 is 6.18 Å². The van der Waals surface area contributed by atoms with E-state index in [0.29, 0.717) is 10.5 Å². The van der Waals surface area contributed by atoms with E-state index in [9.17, 15) is 13.2 Å². The highest BCUT2D eigenvalue weighted by Gasteiger charge is 2.29. The minimum atomic E-state index is -4.34. The van der Waals surface area contributed by atoms with Gasteiger partial charge in [-0.15, -0.1) is 0 Å². The van der Waals surface area contributed by atoms with Crippen molar-refractivity contribution in [2.45, 2.75) is 12.7 Å². The Bertz CT molecular complexity index is 533. The summed E-state index contributed by atoms with van der Waals surface area (Å²) in [6.45, 7) is -1.17. The van der Waals surface area contributed by atoms with Gasteiger partial charge in [-0.3, -0.25) is 0 Å². The smallest absolute Gasteiger partial charge is 0.369 e. The number of alkyl halides is 3. The molecule has 0 saturated heterocycles. The van der Waals surface area contributed by atoms with Crippen LogP contribution in [0.3, 0.4) is 0 Å². The highest BCUT2D eigenvalue weighted by Crippen LogP contribution is 2.26. The zero-order chi connectivity index (χ0) is 11.9. The third kappa shape index (κ3) is 2.06. The van der Waals surface area contributed by atoms with Crippen molar-refractivity contribution in [3.63, 3.8) is 0 Å². The highest BCUT2D eigenvalue weighted by molar-refractivity contribution is 6.31. The monoisotopic (exact) mass is 249 g/mol. The van der Waals surface area contributed by atoms with Crippen LogP contribution < -0.4 is 5.73 Å². The number of halogens is 4. The molecule has 0 atom stereocenters. The molecule has 0 aliphatic heterocycles. The number of nitrogens with zero attached hydrogens (tertiary/aromatic N) is 2. The molecular weight excluding hydrogens is 243 g/mol. The van der Waals surface area contributed by atoms with Crippen LogP contribution in [0.5, 0.6) is 0 Å². The van der Waals surface area contributed by atoms with Crippen LogP contribution in [0.2, 0.25) is 5.02 Å². The molecule has 2 N–H and O–H groups in total. The molecule has 0 aliphatic rings. The first-order valence-electron chi connectivity index (χ1n) is 4.35. The predicted molar refractivity (Wildman–Crippen MR) is 55.2 cm³/mol. The Morgan fingerprint density at radius 2 is 2.06 bits per heavy atom. The van der Waals surface area contributed by atoms with Crippen LogP contribution in [0, 0.1) is 0 Å². The highest BCUT2D eigenvalue weighted by atomic mass is 35.5. The van der Waals surface area contributed by atoms with Crippen LogP contribution in [-0.4, -0.2) is 15.7 Å². The lowest BCUT2D eigenvalue weighted by Crippen LogP contribution is -2.19. The zero-order valence-electron chi connectivity index (χ0n) is 7.92. The summed E-state index contributed by atoms with van der Waals surface area (Å²) in [7, 11) is 0. The van der Waals surface area contributed by atoms with Crippen molar-refractivity contribution in [1.29, 1.82) is 0 Å². The fraction of sp³-hybridized carbons (Fsp3) is 0.222. The lowest BCUT2D eigenvalue weighted by Gasteiger charge is -2.09. The van der Waals surface area contributed by atoms with E-state index in [1.54, 1.807) is 6.07 Å². The van der Waals surface area contributed by atoms with Gasteiger partial charge in [0.15, 0.2) is 0 Å². The molecule has 16 heavy (non-hydrogen) atoms. The maximum atomic E-state index is 12.3. The summed E-state index contributed by atoms with van der Waals surface area (Å²) in [6.07, 6.45) is -4.34. The second kappa shape index (κ2) is 3.55. The van der Waals surface area contributed by atoms with Crippen molar-refractivity contribution in [2.24, 2.45) is 0 Å². The molecule has 0 bridgehead atoms.